The molecule has 0 saturated heterocycles. The monoisotopic (exact) mass is 231 g/mol. The lowest BCUT2D eigenvalue weighted by molar-refractivity contribution is 0.537. The Balaban J connectivity index is 2.76. The lowest BCUT2D eigenvalue weighted by Gasteiger charge is -2.18. The Morgan fingerprint density at radius 2 is 2.12 bits per heavy atom. The number of aryl methyl sites for hydroxylation is 1. The first-order chi connectivity index (χ1) is 8.31. The fourth-order valence-corrected chi connectivity index (χ4v) is 2.08. The van der Waals surface area contributed by atoms with Crippen LogP contribution in [0.5, 0.6) is 0 Å². The Hall–Kier alpha value is -1.08. The minimum Gasteiger partial charge on any atom is -0.310 e. The van der Waals surface area contributed by atoms with Crippen molar-refractivity contribution in [1.82, 2.24) is 5.32 Å². The van der Waals surface area contributed by atoms with Gasteiger partial charge in [0.1, 0.15) is 0 Å². The lowest BCUT2D eigenvalue weighted by atomic mass is 9.99. The third kappa shape index (κ3) is 4.74. The van der Waals surface area contributed by atoms with Gasteiger partial charge in [-0.3, -0.25) is 0 Å². The zero-order valence-electron chi connectivity index (χ0n) is 11.2. The predicted octanol–water partition coefficient (Wildman–Crippen LogP) is 4.26. The standard InChI is InChI=1S/C16H25N/c1-4-8-14-10-7-11-15(13-14)16(9-5-2)17-12-6-3/h5,7,10-11,13,16-17H,2,4,6,8-9,12H2,1,3H3. The fraction of sp³-hybridized carbons (Fsp3) is 0.500. The van der Waals surface area contributed by atoms with Crippen LogP contribution in [-0.2, 0) is 6.42 Å². The van der Waals surface area contributed by atoms with E-state index in [0.717, 1.165) is 13.0 Å². The summed E-state index contributed by atoms with van der Waals surface area (Å²) in [6, 6.07) is 9.36. The number of rotatable bonds is 8. The topological polar surface area (TPSA) is 12.0 Å². The molecule has 1 nitrogen and oxygen atoms in total. The molecule has 0 spiro atoms. The minimum atomic E-state index is 0.421. The molecule has 0 aliphatic rings. The van der Waals surface area contributed by atoms with Gasteiger partial charge in [0, 0.05) is 6.04 Å². The molecule has 0 saturated carbocycles. The second-order valence-corrected chi connectivity index (χ2v) is 4.53. The van der Waals surface area contributed by atoms with E-state index < -0.39 is 0 Å². The first-order valence-corrected chi connectivity index (χ1v) is 6.74. The van der Waals surface area contributed by atoms with Crippen molar-refractivity contribution in [2.24, 2.45) is 0 Å². The van der Waals surface area contributed by atoms with E-state index in [0.29, 0.717) is 6.04 Å². The summed E-state index contributed by atoms with van der Waals surface area (Å²) < 4.78 is 0. The summed E-state index contributed by atoms with van der Waals surface area (Å²) >= 11 is 0. The van der Waals surface area contributed by atoms with Gasteiger partial charge in [-0.2, -0.15) is 0 Å². The van der Waals surface area contributed by atoms with Gasteiger partial charge in [-0.15, -0.1) is 6.58 Å². The maximum Gasteiger partial charge on any atom is 0.0354 e. The predicted molar refractivity (Wildman–Crippen MR) is 76.3 cm³/mol. The van der Waals surface area contributed by atoms with Crippen molar-refractivity contribution in [2.45, 2.75) is 45.6 Å². The Labute approximate surface area is 106 Å². The average molecular weight is 231 g/mol. The summed E-state index contributed by atoms with van der Waals surface area (Å²) in [5.41, 5.74) is 2.83. The highest BCUT2D eigenvalue weighted by molar-refractivity contribution is 5.26. The summed E-state index contributed by atoms with van der Waals surface area (Å²) in [6.45, 7) is 9.34. The van der Waals surface area contributed by atoms with Gasteiger partial charge in [-0.25, -0.2) is 0 Å². The van der Waals surface area contributed by atoms with Crippen molar-refractivity contribution in [2.75, 3.05) is 6.54 Å². The molecular weight excluding hydrogens is 206 g/mol. The van der Waals surface area contributed by atoms with Crippen LogP contribution in [0.4, 0.5) is 0 Å². The fourth-order valence-electron chi connectivity index (χ4n) is 2.08. The maximum atomic E-state index is 3.85. The molecule has 0 amide bonds. The summed E-state index contributed by atoms with van der Waals surface area (Å²) in [4.78, 5) is 0. The molecule has 0 fully saturated rings. The van der Waals surface area contributed by atoms with Crippen molar-refractivity contribution < 1.29 is 0 Å². The van der Waals surface area contributed by atoms with E-state index >= 15 is 0 Å². The molecule has 0 aromatic heterocycles. The normalized spacial score (nSPS) is 12.4. The van der Waals surface area contributed by atoms with Gasteiger partial charge in [0.15, 0.2) is 0 Å². The maximum absolute atomic E-state index is 3.85. The van der Waals surface area contributed by atoms with Crippen molar-refractivity contribution in [1.29, 1.82) is 0 Å². The SMILES string of the molecule is C=CCC(NCCC)c1cccc(CCC)c1. The molecule has 1 rings (SSSR count). The summed E-state index contributed by atoms with van der Waals surface area (Å²) in [7, 11) is 0. The van der Waals surface area contributed by atoms with Crippen LogP contribution in [-0.4, -0.2) is 6.54 Å². The van der Waals surface area contributed by atoms with Crippen LogP contribution in [0.15, 0.2) is 36.9 Å². The Bertz CT molecular complexity index is 330. The van der Waals surface area contributed by atoms with Gasteiger partial charge in [0.2, 0.25) is 0 Å². The van der Waals surface area contributed by atoms with E-state index in [1.165, 1.54) is 30.4 Å². The molecule has 0 aliphatic heterocycles. The summed E-state index contributed by atoms with van der Waals surface area (Å²) in [5, 5.41) is 3.58. The molecule has 1 aromatic rings. The zero-order valence-corrected chi connectivity index (χ0v) is 11.2. The second kappa shape index (κ2) is 8.08. The first-order valence-electron chi connectivity index (χ1n) is 6.74. The molecule has 0 radical (unpaired) electrons. The van der Waals surface area contributed by atoms with Crippen LogP contribution in [0, 0.1) is 0 Å². The van der Waals surface area contributed by atoms with Gasteiger partial charge in [0.25, 0.3) is 0 Å². The van der Waals surface area contributed by atoms with Gasteiger partial charge in [0.05, 0.1) is 0 Å². The highest BCUT2D eigenvalue weighted by Crippen LogP contribution is 2.19. The number of benzene rings is 1. The van der Waals surface area contributed by atoms with Crippen LogP contribution >= 0.6 is 0 Å². The van der Waals surface area contributed by atoms with Crippen molar-refractivity contribution >= 4 is 0 Å². The highest BCUT2D eigenvalue weighted by atomic mass is 14.9. The summed E-state index contributed by atoms with van der Waals surface area (Å²) in [5.74, 6) is 0. The number of nitrogens with one attached hydrogen (secondary N) is 1. The van der Waals surface area contributed by atoms with Gasteiger partial charge in [-0.05, 0) is 36.9 Å². The van der Waals surface area contributed by atoms with E-state index in [1.807, 2.05) is 6.08 Å². The highest BCUT2D eigenvalue weighted by Gasteiger charge is 2.08. The molecule has 1 unspecified atom stereocenters. The van der Waals surface area contributed by atoms with Crippen LogP contribution in [0.3, 0.4) is 0 Å². The second-order valence-electron chi connectivity index (χ2n) is 4.53. The van der Waals surface area contributed by atoms with Crippen LogP contribution < -0.4 is 5.32 Å². The van der Waals surface area contributed by atoms with E-state index in [9.17, 15) is 0 Å². The smallest absolute Gasteiger partial charge is 0.0354 e. The van der Waals surface area contributed by atoms with Crippen molar-refractivity contribution in [3.8, 4) is 0 Å². The van der Waals surface area contributed by atoms with Gasteiger partial charge >= 0.3 is 0 Å². The molecule has 0 heterocycles. The van der Waals surface area contributed by atoms with E-state index in [4.69, 9.17) is 0 Å². The minimum absolute atomic E-state index is 0.421. The third-order valence-corrected chi connectivity index (χ3v) is 2.94. The van der Waals surface area contributed by atoms with Gasteiger partial charge in [-0.1, -0.05) is 50.6 Å². The van der Waals surface area contributed by atoms with Crippen LogP contribution in [0.2, 0.25) is 0 Å². The molecule has 17 heavy (non-hydrogen) atoms. The zero-order chi connectivity index (χ0) is 12.5. The quantitative estimate of drug-likeness (QED) is 0.659. The van der Waals surface area contributed by atoms with Gasteiger partial charge < -0.3 is 5.32 Å². The molecule has 1 N–H and O–H groups in total. The van der Waals surface area contributed by atoms with Crippen LogP contribution in [0.1, 0.15) is 50.3 Å². The first kappa shape index (κ1) is 14.0. The molecule has 1 heteroatoms. The van der Waals surface area contributed by atoms with Crippen molar-refractivity contribution in [3.05, 3.63) is 48.0 Å². The van der Waals surface area contributed by atoms with Crippen molar-refractivity contribution in [3.63, 3.8) is 0 Å². The third-order valence-electron chi connectivity index (χ3n) is 2.94. The lowest BCUT2D eigenvalue weighted by Crippen LogP contribution is -2.21. The molecule has 1 atom stereocenters. The van der Waals surface area contributed by atoms with Crippen LogP contribution in [0.25, 0.3) is 0 Å². The molecule has 1 aromatic carbocycles. The molecule has 0 bridgehead atoms. The molecular formula is C16H25N. The Morgan fingerprint density at radius 1 is 1.29 bits per heavy atom. The van der Waals surface area contributed by atoms with E-state index in [1.54, 1.807) is 0 Å². The number of hydrogen-bond acceptors (Lipinski definition) is 1. The Kier molecular flexibility index (Phi) is 6.64. The number of hydrogen-bond donors (Lipinski definition) is 1. The van der Waals surface area contributed by atoms with E-state index in [2.05, 4.69) is 50.0 Å². The molecule has 94 valence electrons. The van der Waals surface area contributed by atoms with E-state index in [-0.39, 0.29) is 0 Å². The average Bonchev–Trinajstić information content (AvgIpc) is 2.35. The largest absolute Gasteiger partial charge is 0.310 e. The molecule has 0 aliphatic carbocycles. The summed E-state index contributed by atoms with van der Waals surface area (Å²) in [6.07, 6.45) is 6.54. The Morgan fingerprint density at radius 3 is 2.76 bits per heavy atom.